The highest BCUT2D eigenvalue weighted by molar-refractivity contribution is 6.34. The second kappa shape index (κ2) is 8.87. The first-order valence-corrected chi connectivity index (χ1v) is 7.07. The third-order valence-electron chi connectivity index (χ3n) is 3.19. The first-order valence-electron chi connectivity index (χ1n) is 7.07. The van der Waals surface area contributed by atoms with E-state index >= 15 is 0 Å². The summed E-state index contributed by atoms with van der Waals surface area (Å²) in [7, 11) is 0. The van der Waals surface area contributed by atoms with Crippen LogP contribution in [0.25, 0.3) is 0 Å². The van der Waals surface area contributed by atoms with Crippen LogP contribution in [-0.4, -0.2) is 74.1 Å². The van der Waals surface area contributed by atoms with Crippen molar-refractivity contribution in [2.75, 3.05) is 52.5 Å². The molecule has 6 nitrogen and oxygen atoms in total. The van der Waals surface area contributed by atoms with Crippen LogP contribution in [0.4, 0.5) is 0 Å². The highest BCUT2D eigenvalue weighted by Gasteiger charge is 2.26. The first-order chi connectivity index (χ1) is 9.20. The summed E-state index contributed by atoms with van der Waals surface area (Å²) >= 11 is 0. The summed E-state index contributed by atoms with van der Waals surface area (Å²) in [5.41, 5.74) is 0. The maximum Gasteiger partial charge on any atom is 0.312 e. The van der Waals surface area contributed by atoms with Crippen LogP contribution >= 0.6 is 0 Å². The van der Waals surface area contributed by atoms with Gasteiger partial charge in [0.25, 0.3) is 0 Å². The van der Waals surface area contributed by atoms with Crippen LogP contribution in [0.2, 0.25) is 0 Å². The standard InChI is InChI=1S/C13H25N3O3/c1-3-15(10-11-19-4-2)12(17)13(18)16-8-5-6-14-7-9-16/h14H,3-11H2,1-2H3. The lowest BCUT2D eigenvalue weighted by Crippen LogP contribution is -2.47. The Labute approximate surface area is 115 Å². The van der Waals surface area contributed by atoms with Gasteiger partial charge in [-0.2, -0.15) is 0 Å². The monoisotopic (exact) mass is 271 g/mol. The van der Waals surface area contributed by atoms with E-state index in [0.717, 1.165) is 19.5 Å². The van der Waals surface area contributed by atoms with Gasteiger partial charge in [0.05, 0.1) is 6.61 Å². The Morgan fingerprint density at radius 2 is 2.05 bits per heavy atom. The van der Waals surface area contributed by atoms with Gasteiger partial charge >= 0.3 is 11.8 Å². The lowest BCUT2D eigenvalue weighted by atomic mass is 10.3. The summed E-state index contributed by atoms with van der Waals surface area (Å²) < 4.78 is 5.23. The van der Waals surface area contributed by atoms with Crippen LogP contribution in [0.1, 0.15) is 20.3 Å². The zero-order valence-electron chi connectivity index (χ0n) is 12.0. The number of ether oxygens (including phenoxy) is 1. The van der Waals surface area contributed by atoms with Crippen molar-refractivity contribution in [2.45, 2.75) is 20.3 Å². The molecule has 1 rings (SSSR count). The predicted octanol–water partition coefficient (Wildman–Crippen LogP) is -0.307. The molecule has 0 saturated carbocycles. The van der Waals surface area contributed by atoms with Gasteiger partial charge in [-0.15, -0.1) is 0 Å². The van der Waals surface area contributed by atoms with Crippen molar-refractivity contribution >= 4 is 11.8 Å². The van der Waals surface area contributed by atoms with Gasteiger partial charge in [0.2, 0.25) is 0 Å². The fourth-order valence-electron chi connectivity index (χ4n) is 2.04. The van der Waals surface area contributed by atoms with E-state index in [9.17, 15) is 9.59 Å². The van der Waals surface area contributed by atoms with Gasteiger partial charge < -0.3 is 19.9 Å². The van der Waals surface area contributed by atoms with Crippen LogP contribution in [-0.2, 0) is 14.3 Å². The molecule has 0 aromatic heterocycles. The quantitative estimate of drug-likeness (QED) is 0.550. The van der Waals surface area contributed by atoms with E-state index < -0.39 is 5.91 Å². The molecule has 0 unspecified atom stereocenters. The Hall–Kier alpha value is -1.14. The number of nitrogens with zero attached hydrogens (tertiary/aromatic N) is 2. The van der Waals surface area contributed by atoms with Crippen molar-refractivity contribution in [2.24, 2.45) is 0 Å². The third kappa shape index (κ3) is 5.16. The number of carbonyl (C=O) groups is 2. The average molecular weight is 271 g/mol. The topological polar surface area (TPSA) is 61.9 Å². The molecule has 19 heavy (non-hydrogen) atoms. The molecule has 0 radical (unpaired) electrons. The molecule has 6 heteroatoms. The van der Waals surface area contributed by atoms with Gasteiger partial charge in [-0.05, 0) is 26.8 Å². The number of nitrogens with one attached hydrogen (secondary N) is 1. The smallest absolute Gasteiger partial charge is 0.312 e. The minimum atomic E-state index is -0.413. The molecule has 2 amide bonds. The second-order valence-electron chi connectivity index (χ2n) is 4.48. The lowest BCUT2D eigenvalue weighted by Gasteiger charge is -2.25. The Kier molecular flexibility index (Phi) is 7.43. The summed E-state index contributed by atoms with van der Waals surface area (Å²) in [6.07, 6.45) is 0.893. The summed E-state index contributed by atoms with van der Waals surface area (Å²) in [6.45, 7) is 8.81. The van der Waals surface area contributed by atoms with Crippen molar-refractivity contribution < 1.29 is 14.3 Å². The average Bonchev–Trinajstić information content (AvgIpc) is 2.71. The highest BCUT2D eigenvalue weighted by Crippen LogP contribution is 2.00. The number of rotatable bonds is 5. The molecule has 0 atom stereocenters. The van der Waals surface area contributed by atoms with Crippen LogP contribution in [0.5, 0.6) is 0 Å². The van der Waals surface area contributed by atoms with Crippen LogP contribution in [0, 0.1) is 0 Å². The van der Waals surface area contributed by atoms with Crippen LogP contribution < -0.4 is 5.32 Å². The molecule has 1 fully saturated rings. The molecule has 1 aliphatic rings. The molecule has 1 aliphatic heterocycles. The predicted molar refractivity (Wildman–Crippen MR) is 72.8 cm³/mol. The van der Waals surface area contributed by atoms with E-state index in [2.05, 4.69) is 5.32 Å². The highest BCUT2D eigenvalue weighted by atomic mass is 16.5. The van der Waals surface area contributed by atoms with Gasteiger partial charge in [-0.1, -0.05) is 0 Å². The summed E-state index contributed by atoms with van der Waals surface area (Å²) in [5.74, 6) is -0.800. The summed E-state index contributed by atoms with van der Waals surface area (Å²) in [4.78, 5) is 27.5. The van der Waals surface area contributed by atoms with Crippen molar-refractivity contribution in [3.8, 4) is 0 Å². The fourth-order valence-corrected chi connectivity index (χ4v) is 2.04. The van der Waals surface area contributed by atoms with E-state index in [1.807, 2.05) is 13.8 Å². The van der Waals surface area contributed by atoms with Crippen molar-refractivity contribution in [3.05, 3.63) is 0 Å². The Morgan fingerprint density at radius 1 is 1.26 bits per heavy atom. The number of amides is 2. The number of hydrogen-bond acceptors (Lipinski definition) is 4. The number of carbonyl (C=O) groups excluding carboxylic acids is 2. The van der Waals surface area contributed by atoms with E-state index in [1.54, 1.807) is 9.80 Å². The maximum atomic E-state index is 12.2. The zero-order valence-corrected chi connectivity index (χ0v) is 12.0. The minimum Gasteiger partial charge on any atom is -0.380 e. The largest absolute Gasteiger partial charge is 0.380 e. The first kappa shape index (κ1) is 15.9. The van der Waals surface area contributed by atoms with E-state index in [-0.39, 0.29) is 5.91 Å². The minimum absolute atomic E-state index is 0.387. The second-order valence-corrected chi connectivity index (χ2v) is 4.48. The lowest BCUT2D eigenvalue weighted by molar-refractivity contribution is -0.152. The molecule has 1 saturated heterocycles. The van der Waals surface area contributed by atoms with E-state index in [0.29, 0.717) is 39.4 Å². The van der Waals surface area contributed by atoms with Gasteiger partial charge in [0, 0.05) is 39.3 Å². The Balaban J connectivity index is 2.49. The molecule has 0 aromatic carbocycles. The summed E-state index contributed by atoms with van der Waals surface area (Å²) in [5, 5.41) is 3.22. The zero-order chi connectivity index (χ0) is 14.1. The molecule has 0 bridgehead atoms. The van der Waals surface area contributed by atoms with Crippen molar-refractivity contribution in [3.63, 3.8) is 0 Å². The van der Waals surface area contributed by atoms with E-state index in [1.165, 1.54) is 0 Å². The normalized spacial score (nSPS) is 16.0. The van der Waals surface area contributed by atoms with Crippen molar-refractivity contribution in [1.29, 1.82) is 0 Å². The van der Waals surface area contributed by atoms with E-state index in [4.69, 9.17) is 4.74 Å². The number of likely N-dealkylation sites (N-methyl/N-ethyl adjacent to an activating group) is 1. The Morgan fingerprint density at radius 3 is 2.74 bits per heavy atom. The number of hydrogen-bond donors (Lipinski definition) is 1. The summed E-state index contributed by atoms with van der Waals surface area (Å²) in [6, 6.07) is 0. The molecule has 1 heterocycles. The SMILES string of the molecule is CCOCCN(CC)C(=O)C(=O)N1CCCNCC1. The van der Waals surface area contributed by atoms with Crippen molar-refractivity contribution in [1.82, 2.24) is 15.1 Å². The van der Waals surface area contributed by atoms with Gasteiger partial charge in [-0.25, -0.2) is 0 Å². The van der Waals surface area contributed by atoms with Gasteiger partial charge in [-0.3, -0.25) is 9.59 Å². The van der Waals surface area contributed by atoms with Crippen LogP contribution in [0.3, 0.4) is 0 Å². The Bertz CT molecular complexity index is 289. The molecule has 0 aromatic rings. The molecule has 1 N–H and O–H groups in total. The molecular weight excluding hydrogens is 246 g/mol. The fraction of sp³-hybridized carbons (Fsp3) is 0.846. The van der Waals surface area contributed by atoms with Gasteiger partial charge in [0.1, 0.15) is 0 Å². The molecular formula is C13H25N3O3. The molecule has 0 spiro atoms. The maximum absolute atomic E-state index is 12.2. The van der Waals surface area contributed by atoms with Crippen LogP contribution in [0.15, 0.2) is 0 Å². The van der Waals surface area contributed by atoms with Gasteiger partial charge in [0.15, 0.2) is 0 Å². The molecule has 110 valence electrons. The molecule has 0 aliphatic carbocycles. The third-order valence-corrected chi connectivity index (χ3v) is 3.19.